The Morgan fingerprint density at radius 3 is 2.58 bits per heavy atom. The minimum absolute atomic E-state index is 0.136. The van der Waals surface area contributed by atoms with Crippen LogP contribution < -0.4 is 4.74 Å². The fourth-order valence-corrected chi connectivity index (χ4v) is 1.38. The van der Waals surface area contributed by atoms with Gasteiger partial charge in [-0.25, -0.2) is 9.78 Å². The fraction of sp³-hybridized carbons (Fsp3) is 0.500. The van der Waals surface area contributed by atoms with Crippen molar-refractivity contribution in [3.05, 3.63) is 23.4 Å². The molecular formula is C12H14F3NO3. The molecule has 0 saturated heterocycles. The van der Waals surface area contributed by atoms with Crippen molar-refractivity contribution in [2.45, 2.75) is 39.0 Å². The molecule has 0 radical (unpaired) electrons. The van der Waals surface area contributed by atoms with Crippen LogP contribution in [0.25, 0.3) is 0 Å². The van der Waals surface area contributed by atoms with E-state index in [4.69, 9.17) is 5.11 Å². The highest BCUT2D eigenvalue weighted by Crippen LogP contribution is 2.25. The normalized spacial score (nSPS) is 13.1. The molecular weight excluding hydrogens is 263 g/mol. The Labute approximate surface area is 108 Å². The van der Waals surface area contributed by atoms with Crippen LogP contribution in [0.3, 0.4) is 0 Å². The molecule has 7 heteroatoms. The molecule has 0 aliphatic rings. The minimum atomic E-state index is -4.52. The summed E-state index contributed by atoms with van der Waals surface area (Å²) >= 11 is 0. The van der Waals surface area contributed by atoms with Gasteiger partial charge >= 0.3 is 12.1 Å². The Kier molecular flexibility index (Phi) is 4.74. The van der Waals surface area contributed by atoms with Gasteiger partial charge in [-0.2, -0.15) is 13.2 Å². The quantitative estimate of drug-likeness (QED) is 0.898. The topological polar surface area (TPSA) is 59.4 Å². The van der Waals surface area contributed by atoms with Crippen molar-refractivity contribution >= 4 is 5.97 Å². The summed E-state index contributed by atoms with van der Waals surface area (Å²) in [4.78, 5) is 14.8. The summed E-state index contributed by atoms with van der Waals surface area (Å²) in [6.45, 7) is 2.70. The van der Waals surface area contributed by atoms with Gasteiger partial charge in [-0.1, -0.05) is 13.3 Å². The molecule has 4 nitrogen and oxygen atoms in total. The summed E-state index contributed by atoms with van der Waals surface area (Å²) in [5, 5.41) is 8.89. The second-order valence-corrected chi connectivity index (χ2v) is 4.04. The Morgan fingerprint density at radius 1 is 1.47 bits per heavy atom. The lowest BCUT2D eigenvalue weighted by atomic mass is 10.1. The van der Waals surface area contributed by atoms with E-state index in [-0.39, 0.29) is 11.4 Å². The summed E-state index contributed by atoms with van der Waals surface area (Å²) in [6.07, 6.45) is -5.40. The molecule has 0 fully saturated rings. The van der Waals surface area contributed by atoms with Gasteiger partial charge in [0.05, 0.1) is 5.56 Å². The van der Waals surface area contributed by atoms with Crippen molar-refractivity contribution in [1.29, 1.82) is 0 Å². The van der Waals surface area contributed by atoms with E-state index in [1.807, 2.05) is 6.92 Å². The van der Waals surface area contributed by atoms with Gasteiger partial charge in [0.15, 0.2) is 6.10 Å². The SMILES string of the molecule is CCCc1cc(C(=O)O)cc(OC(C)C(F)(F)F)n1. The van der Waals surface area contributed by atoms with Crippen LogP contribution in [0.1, 0.15) is 36.3 Å². The molecule has 19 heavy (non-hydrogen) atoms. The van der Waals surface area contributed by atoms with Crippen molar-refractivity contribution in [3.8, 4) is 5.88 Å². The van der Waals surface area contributed by atoms with E-state index in [2.05, 4.69) is 9.72 Å². The van der Waals surface area contributed by atoms with Crippen molar-refractivity contribution < 1.29 is 27.8 Å². The maximum atomic E-state index is 12.4. The molecule has 1 atom stereocenters. The van der Waals surface area contributed by atoms with Crippen molar-refractivity contribution in [2.75, 3.05) is 0 Å². The van der Waals surface area contributed by atoms with E-state index in [0.29, 0.717) is 18.5 Å². The molecule has 0 bridgehead atoms. The predicted molar refractivity (Wildman–Crippen MR) is 61.3 cm³/mol. The molecule has 0 aliphatic heterocycles. The van der Waals surface area contributed by atoms with Gasteiger partial charge in [0.25, 0.3) is 0 Å². The van der Waals surface area contributed by atoms with Crippen LogP contribution in [0.5, 0.6) is 5.88 Å². The molecule has 1 N–H and O–H groups in total. The summed E-state index contributed by atoms with van der Waals surface area (Å²) < 4.78 is 41.8. The number of halogens is 3. The van der Waals surface area contributed by atoms with Crippen LogP contribution in [0.15, 0.2) is 12.1 Å². The third kappa shape index (κ3) is 4.42. The number of rotatable bonds is 5. The first-order chi connectivity index (χ1) is 8.74. The van der Waals surface area contributed by atoms with E-state index in [1.165, 1.54) is 6.07 Å². The highest BCUT2D eigenvalue weighted by Gasteiger charge is 2.38. The van der Waals surface area contributed by atoms with Gasteiger partial charge in [0.1, 0.15) is 0 Å². The largest absolute Gasteiger partial charge is 0.478 e. The standard InChI is InChI=1S/C12H14F3NO3/c1-3-4-9-5-8(11(17)18)6-10(16-9)19-7(2)12(13,14)15/h5-7H,3-4H2,1-2H3,(H,17,18). The number of hydrogen-bond donors (Lipinski definition) is 1. The Morgan fingerprint density at radius 2 is 2.11 bits per heavy atom. The lowest BCUT2D eigenvalue weighted by Crippen LogP contribution is -2.31. The molecule has 0 amide bonds. The Hall–Kier alpha value is -1.79. The summed E-state index contributed by atoms with van der Waals surface area (Å²) in [6, 6.07) is 2.32. The third-order valence-electron chi connectivity index (χ3n) is 2.37. The highest BCUT2D eigenvalue weighted by atomic mass is 19.4. The summed E-state index contributed by atoms with van der Waals surface area (Å²) in [5.74, 6) is -1.56. The molecule has 1 heterocycles. The molecule has 0 spiro atoms. The predicted octanol–water partition coefficient (Wildman–Crippen LogP) is 3.06. The number of alkyl halides is 3. The second kappa shape index (κ2) is 5.90. The monoisotopic (exact) mass is 277 g/mol. The summed E-state index contributed by atoms with van der Waals surface area (Å²) in [7, 11) is 0. The number of nitrogens with zero attached hydrogens (tertiary/aromatic N) is 1. The number of aromatic nitrogens is 1. The van der Waals surface area contributed by atoms with Gasteiger partial charge in [-0.05, 0) is 19.4 Å². The smallest absolute Gasteiger partial charge is 0.425 e. The van der Waals surface area contributed by atoms with E-state index in [1.54, 1.807) is 0 Å². The zero-order valence-electron chi connectivity index (χ0n) is 10.5. The molecule has 1 aromatic heterocycles. The zero-order valence-corrected chi connectivity index (χ0v) is 10.5. The summed E-state index contributed by atoms with van der Waals surface area (Å²) in [5.41, 5.74) is 0.259. The average Bonchev–Trinajstić information content (AvgIpc) is 2.27. The van der Waals surface area contributed by atoms with Crippen LogP contribution in [0, 0.1) is 0 Å². The van der Waals surface area contributed by atoms with Gasteiger partial charge in [-0.3, -0.25) is 0 Å². The number of hydrogen-bond acceptors (Lipinski definition) is 3. The lowest BCUT2D eigenvalue weighted by Gasteiger charge is -2.17. The van der Waals surface area contributed by atoms with Crippen LogP contribution in [0.2, 0.25) is 0 Å². The molecule has 106 valence electrons. The van der Waals surface area contributed by atoms with E-state index >= 15 is 0 Å². The maximum absolute atomic E-state index is 12.4. The van der Waals surface area contributed by atoms with E-state index in [9.17, 15) is 18.0 Å². The number of pyridine rings is 1. The minimum Gasteiger partial charge on any atom is -0.478 e. The molecule has 1 unspecified atom stereocenters. The van der Waals surface area contributed by atoms with Crippen molar-refractivity contribution in [2.24, 2.45) is 0 Å². The molecule has 0 aromatic carbocycles. The van der Waals surface area contributed by atoms with Crippen molar-refractivity contribution in [1.82, 2.24) is 4.98 Å². The molecule has 1 rings (SSSR count). The number of ether oxygens (including phenoxy) is 1. The number of carbonyl (C=O) groups is 1. The van der Waals surface area contributed by atoms with Crippen molar-refractivity contribution in [3.63, 3.8) is 0 Å². The second-order valence-electron chi connectivity index (χ2n) is 4.04. The highest BCUT2D eigenvalue weighted by molar-refractivity contribution is 5.88. The number of aryl methyl sites for hydroxylation is 1. The van der Waals surface area contributed by atoms with Gasteiger partial charge in [0.2, 0.25) is 5.88 Å². The molecule has 1 aromatic rings. The first-order valence-electron chi connectivity index (χ1n) is 5.71. The van der Waals surface area contributed by atoms with Gasteiger partial charge in [-0.15, -0.1) is 0 Å². The van der Waals surface area contributed by atoms with Gasteiger partial charge < -0.3 is 9.84 Å². The van der Waals surface area contributed by atoms with Crippen LogP contribution in [-0.2, 0) is 6.42 Å². The fourth-order valence-electron chi connectivity index (χ4n) is 1.38. The number of carboxylic acid groups (broad SMARTS) is 1. The molecule has 0 saturated carbocycles. The molecule has 0 aliphatic carbocycles. The number of aromatic carboxylic acids is 1. The Bertz CT molecular complexity index is 460. The van der Waals surface area contributed by atoms with E-state index in [0.717, 1.165) is 13.0 Å². The van der Waals surface area contributed by atoms with Crippen LogP contribution in [0.4, 0.5) is 13.2 Å². The average molecular weight is 277 g/mol. The first kappa shape index (κ1) is 15.3. The maximum Gasteiger partial charge on any atom is 0.425 e. The van der Waals surface area contributed by atoms with E-state index < -0.39 is 18.2 Å². The third-order valence-corrected chi connectivity index (χ3v) is 2.37. The Balaban J connectivity index is 3.02. The van der Waals surface area contributed by atoms with Gasteiger partial charge in [0, 0.05) is 11.8 Å². The lowest BCUT2D eigenvalue weighted by molar-refractivity contribution is -0.190. The zero-order chi connectivity index (χ0) is 14.6. The van der Waals surface area contributed by atoms with Crippen LogP contribution >= 0.6 is 0 Å². The van der Waals surface area contributed by atoms with Crippen LogP contribution in [-0.4, -0.2) is 28.3 Å². The number of carboxylic acids is 1. The first-order valence-corrected chi connectivity index (χ1v) is 5.71.